The topological polar surface area (TPSA) is 62.2 Å². The van der Waals surface area contributed by atoms with E-state index in [4.69, 9.17) is 4.74 Å². The number of piperidine rings is 1. The number of hydrogen-bond donors (Lipinski definition) is 0. The first kappa shape index (κ1) is 18.0. The summed E-state index contributed by atoms with van der Waals surface area (Å²) in [4.78, 5) is 33.5. The van der Waals surface area contributed by atoms with Gasteiger partial charge in [0.2, 0.25) is 5.91 Å². The van der Waals surface area contributed by atoms with Crippen molar-refractivity contribution in [3.8, 4) is 5.75 Å². The summed E-state index contributed by atoms with van der Waals surface area (Å²) < 4.78 is 5.89. The van der Waals surface area contributed by atoms with Gasteiger partial charge in [-0.15, -0.1) is 0 Å². The molecular weight excluding hydrogens is 342 g/mol. The Bertz CT molecular complexity index is 768. The molecule has 2 saturated heterocycles. The predicted molar refractivity (Wildman–Crippen MR) is 104 cm³/mol. The van der Waals surface area contributed by atoms with Crippen molar-refractivity contribution in [2.75, 3.05) is 26.2 Å². The molecule has 3 heterocycles. The van der Waals surface area contributed by atoms with Crippen molar-refractivity contribution in [2.45, 2.75) is 51.5 Å². The van der Waals surface area contributed by atoms with Gasteiger partial charge in [0.15, 0.2) is 0 Å². The van der Waals surface area contributed by atoms with Gasteiger partial charge < -0.3 is 14.5 Å². The minimum absolute atomic E-state index is 0.0555. The number of carbonyl (C=O) groups excluding carboxylic acids is 2. The Hall–Kier alpha value is -2.37. The van der Waals surface area contributed by atoms with Crippen LogP contribution in [0.15, 0.2) is 17.1 Å². The smallest absolute Gasteiger partial charge is 0.256 e. The molecule has 0 aromatic heterocycles. The van der Waals surface area contributed by atoms with Crippen molar-refractivity contribution in [3.63, 3.8) is 0 Å². The van der Waals surface area contributed by atoms with Crippen LogP contribution in [0.5, 0.6) is 5.75 Å². The fourth-order valence-electron chi connectivity index (χ4n) is 4.18. The highest BCUT2D eigenvalue weighted by Crippen LogP contribution is 2.33. The Morgan fingerprint density at radius 3 is 2.81 bits per heavy atom. The molecule has 0 saturated carbocycles. The lowest BCUT2D eigenvalue weighted by Crippen LogP contribution is -2.36. The SMILES string of the molecule is Cc1cc2c(cc1OCCC(=O)N1CCCCC1)N=C[C@@H]1CCCN1C2=O. The highest BCUT2D eigenvalue weighted by molar-refractivity contribution is 6.03. The normalized spacial score (nSPS) is 21.7. The summed E-state index contributed by atoms with van der Waals surface area (Å²) in [7, 11) is 0. The van der Waals surface area contributed by atoms with Gasteiger partial charge in [-0.25, -0.2) is 0 Å². The summed E-state index contributed by atoms with van der Waals surface area (Å²) in [5.41, 5.74) is 2.21. The zero-order valence-corrected chi connectivity index (χ0v) is 15.9. The van der Waals surface area contributed by atoms with Gasteiger partial charge in [0, 0.05) is 31.9 Å². The van der Waals surface area contributed by atoms with E-state index in [9.17, 15) is 9.59 Å². The van der Waals surface area contributed by atoms with Gasteiger partial charge >= 0.3 is 0 Å². The Labute approximate surface area is 160 Å². The van der Waals surface area contributed by atoms with Gasteiger partial charge in [-0.2, -0.15) is 0 Å². The highest BCUT2D eigenvalue weighted by Gasteiger charge is 2.32. The molecule has 0 unspecified atom stereocenters. The molecule has 2 fully saturated rings. The van der Waals surface area contributed by atoms with Crippen LogP contribution >= 0.6 is 0 Å². The Balaban J connectivity index is 1.43. The van der Waals surface area contributed by atoms with Crippen molar-refractivity contribution in [1.29, 1.82) is 0 Å². The molecule has 27 heavy (non-hydrogen) atoms. The number of aryl methyl sites for hydroxylation is 1. The fourth-order valence-corrected chi connectivity index (χ4v) is 4.18. The second-order valence-corrected chi connectivity index (χ2v) is 7.66. The lowest BCUT2D eigenvalue weighted by atomic mass is 10.1. The molecule has 144 valence electrons. The molecule has 1 atom stereocenters. The first-order valence-electron chi connectivity index (χ1n) is 10.0. The Morgan fingerprint density at radius 1 is 1.19 bits per heavy atom. The van der Waals surface area contributed by atoms with Crippen LogP contribution in [0.1, 0.15) is 54.4 Å². The van der Waals surface area contributed by atoms with Gasteiger partial charge in [0.25, 0.3) is 5.91 Å². The second-order valence-electron chi connectivity index (χ2n) is 7.66. The van der Waals surface area contributed by atoms with Crippen molar-refractivity contribution >= 4 is 23.7 Å². The van der Waals surface area contributed by atoms with Crippen molar-refractivity contribution in [1.82, 2.24) is 9.80 Å². The van der Waals surface area contributed by atoms with Crippen molar-refractivity contribution in [3.05, 3.63) is 23.3 Å². The van der Waals surface area contributed by atoms with Crippen molar-refractivity contribution < 1.29 is 14.3 Å². The monoisotopic (exact) mass is 369 g/mol. The first-order chi connectivity index (χ1) is 13.1. The van der Waals surface area contributed by atoms with Gasteiger partial charge in [-0.3, -0.25) is 14.6 Å². The van der Waals surface area contributed by atoms with Crippen LogP contribution in [0.3, 0.4) is 0 Å². The molecular formula is C21H27N3O3. The average molecular weight is 369 g/mol. The summed E-state index contributed by atoms with van der Waals surface area (Å²) in [6.45, 7) is 4.81. The molecule has 1 aromatic rings. The first-order valence-corrected chi connectivity index (χ1v) is 10.0. The van der Waals surface area contributed by atoms with E-state index in [0.29, 0.717) is 30.0 Å². The molecule has 3 aliphatic rings. The molecule has 2 amide bonds. The average Bonchev–Trinajstić information content (AvgIpc) is 3.12. The Kier molecular flexibility index (Phi) is 5.14. The number of nitrogens with zero attached hydrogens (tertiary/aromatic N) is 3. The zero-order valence-electron chi connectivity index (χ0n) is 15.9. The van der Waals surface area contributed by atoms with Crippen LogP contribution < -0.4 is 4.74 Å². The molecule has 6 nitrogen and oxygen atoms in total. The maximum atomic E-state index is 12.8. The van der Waals surface area contributed by atoms with E-state index >= 15 is 0 Å². The summed E-state index contributed by atoms with van der Waals surface area (Å²) in [6, 6.07) is 3.82. The van der Waals surface area contributed by atoms with Gasteiger partial charge in [-0.1, -0.05) is 0 Å². The standard InChI is InChI=1S/C21H27N3O3/c1-15-12-17-18(22-14-16-6-5-10-24(16)21(17)26)13-19(15)27-11-7-20(25)23-8-3-2-4-9-23/h12-14,16H,2-11H2,1H3/t16-/m0/s1. The van der Waals surface area contributed by atoms with Gasteiger partial charge in [0.1, 0.15) is 5.75 Å². The van der Waals surface area contributed by atoms with Crippen molar-refractivity contribution in [2.24, 2.45) is 4.99 Å². The van der Waals surface area contributed by atoms with Crippen LogP contribution in [-0.2, 0) is 4.79 Å². The summed E-state index contributed by atoms with van der Waals surface area (Å²) >= 11 is 0. The third kappa shape index (κ3) is 3.70. The fraction of sp³-hybridized carbons (Fsp3) is 0.571. The lowest BCUT2D eigenvalue weighted by Gasteiger charge is -2.26. The maximum Gasteiger partial charge on any atom is 0.256 e. The number of aliphatic imine (C=N–C) groups is 1. The third-order valence-electron chi connectivity index (χ3n) is 5.75. The summed E-state index contributed by atoms with van der Waals surface area (Å²) in [5, 5.41) is 0. The van der Waals surface area contributed by atoms with E-state index in [0.717, 1.165) is 50.9 Å². The summed E-state index contributed by atoms with van der Waals surface area (Å²) in [6.07, 6.45) is 7.69. The van der Waals surface area contributed by atoms with E-state index in [2.05, 4.69) is 4.99 Å². The molecule has 0 aliphatic carbocycles. The number of ether oxygens (including phenoxy) is 1. The molecule has 1 aromatic carbocycles. The molecule has 3 aliphatic heterocycles. The van der Waals surface area contributed by atoms with Crippen LogP contribution in [0.4, 0.5) is 5.69 Å². The van der Waals surface area contributed by atoms with E-state index in [1.54, 1.807) is 0 Å². The van der Waals surface area contributed by atoms with Crippen LogP contribution in [0, 0.1) is 6.92 Å². The minimum Gasteiger partial charge on any atom is -0.493 e. The molecule has 0 spiro atoms. The minimum atomic E-state index is 0.0555. The Morgan fingerprint density at radius 2 is 2.00 bits per heavy atom. The predicted octanol–water partition coefficient (Wildman–Crippen LogP) is 3.10. The van der Waals surface area contributed by atoms with Crippen LogP contribution in [0.25, 0.3) is 0 Å². The van der Waals surface area contributed by atoms with Crippen LogP contribution in [0.2, 0.25) is 0 Å². The van der Waals surface area contributed by atoms with E-state index in [1.807, 2.05) is 35.1 Å². The number of carbonyl (C=O) groups is 2. The maximum absolute atomic E-state index is 12.8. The zero-order chi connectivity index (χ0) is 18.8. The number of fused-ring (bicyclic) bond motifs is 2. The lowest BCUT2D eigenvalue weighted by molar-refractivity contribution is -0.132. The molecule has 0 radical (unpaired) electrons. The number of hydrogen-bond acceptors (Lipinski definition) is 4. The van der Waals surface area contributed by atoms with Crippen LogP contribution in [-0.4, -0.2) is 60.1 Å². The number of rotatable bonds is 4. The molecule has 6 heteroatoms. The number of amides is 2. The number of benzene rings is 1. The molecule has 4 rings (SSSR count). The van der Waals surface area contributed by atoms with E-state index < -0.39 is 0 Å². The van der Waals surface area contributed by atoms with E-state index in [1.165, 1.54) is 6.42 Å². The van der Waals surface area contributed by atoms with Gasteiger partial charge in [0.05, 0.1) is 30.3 Å². The molecule has 0 N–H and O–H groups in total. The summed E-state index contributed by atoms with van der Waals surface area (Å²) in [5.74, 6) is 0.920. The quantitative estimate of drug-likeness (QED) is 0.819. The third-order valence-corrected chi connectivity index (χ3v) is 5.75. The van der Waals surface area contributed by atoms with Gasteiger partial charge in [-0.05, 0) is 50.7 Å². The van der Waals surface area contributed by atoms with E-state index in [-0.39, 0.29) is 17.9 Å². The second kappa shape index (κ2) is 7.71. The largest absolute Gasteiger partial charge is 0.493 e. The number of likely N-dealkylation sites (tertiary alicyclic amines) is 1. The molecule has 0 bridgehead atoms. The highest BCUT2D eigenvalue weighted by atomic mass is 16.5.